The van der Waals surface area contributed by atoms with E-state index in [1.807, 2.05) is 13.8 Å². The quantitative estimate of drug-likeness (QED) is 0.867. The number of fused-ring (bicyclic) bond motifs is 1. The Kier molecular flexibility index (Phi) is 3.78. The third kappa shape index (κ3) is 2.70. The van der Waals surface area contributed by atoms with Gasteiger partial charge in [-0.1, -0.05) is 24.3 Å². The van der Waals surface area contributed by atoms with Gasteiger partial charge in [-0.3, -0.25) is 9.59 Å². The summed E-state index contributed by atoms with van der Waals surface area (Å²) < 4.78 is 0. The first-order valence-corrected chi connectivity index (χ1v) is 9.07. The predicted octanol–water partition coefficient (Wildman–Crippen LogP) is 3.61. The first-order valence-electron chi connectivity index (χ1n) is 9.07. The molecule has 0 saturated heterocycles. The van der Waals surface area contributed by atoms with Gasteiger partial charge in [-0.15, -0.1) is 0 Å². The molecule has 0 spiro atoms. The Morgan fingerprint density at radius 3 is 2.12 bits per heavy atom. The first kappa shape index (κ1) is 16.1. The van der Waals surface area contributed by atoms with E-state index in [0.29, 0.717) is 17.3 Å². The number of H-pyrrole nitrogens is 1. The van der Waals surface area contributed by atoms with E-state index in [0.717, 1.165) is 36.9 Å². The summed E-state index contributed by atoms with van der Waals surface area (Å²) in [6.07, 6.45) is 4.02. The maximum atomic E-state index is 13.4. The maximum absolute atomic E-state index is 13.4. The van der Waals surface area contributed by atoms with Crippen molar-refractivity contribution in [1.29, 1.82) is 0 Å². The van der Waals surface area contributed by atoms with Gasteiger partial charge in [0.1, 0.15) is 5.69 Å². The molecule has 1 aromatic heterocycles. The van der Waals surface area contributed by atoms with Crippen molar-refractivity contribution >= 4 is 11.7 Å². The van der Waals surface area contributed by atoms with Gasteiger partial charge in [0.15, 0.2) is 5.78 Å². The predicted molar refractivity (Wildman–Crippen MR) is 97.1 cm³/mol. The van der Waals surface area contributed by atoms with E-state index in [1.165, 1.54) is 11.1 Å². The van der Waals surface area contributed by atoms with Gasteiger partial charge < -0.3 is 9.88 Å². The lowest BCUT2D eigenvalue weighted by molar-refractivity contribution is 0.0661. The van der Waals surface area contributed by atoms with Crippen LogP contribution in [0.2, 0.25) is 0 Å². The molecule has 130 valence electrons. The molecule has 0 aliphatic heterocycles. The number of aryl methyl sites for hydroxylation is 1. The van der Waals surface area contributed by atoms with Gasteiger partial charge >= 0.3 is 0 Å². The van der Waals surface area contributed by atoms with Crippen LogP contribution in [0.25, 0.3) is 0 Å². The molecule has 0 bridgehead atoms. The Morgan fingerprint density at radius 2 is 1.64 bits per heavy atom. The number of aromatic nitrogens is 1. The average molecular weight is 336 g/mol. The number of aromatic amines is 1. The fourth-order valence-electron chi connectivity index (χ4n) is 4.34. The molecule has 4 rings (SSSR count). The molecule has 25 heavy (non-hydrogen) atoms. The number of Topliss-reactive ketones (excluding diaryl/α,β-unsaturated/α-hetero) is 1. The van der Waals surface area contributed by atoms with Crippen molar-refractivity contribution < 1.29 is 9.59 Å². The number of carbonyl (C=O) groups is 2. The van der Waals surface area contributed by atoms with Crippen molar-refractivity contribution in [3.05, 3.63) is 57.9 Å². The number of nitrogens with one attached hydrogen (secondary N) is 1. The molecule has 2 aliphatic rings. The minimum absolute atomic E-state index is 0.0107. The van der Waals surface area contributed by atoms with E-state index in [2.05, 4.69) is 34.1 Å². The zero-order valence-corrected chi connectivity index (χ0v) is 15.1. The number of hydrogen-bond acceptors (Lipinski definition) is 2. The minimum Gasteiger partial charge on any atom is -0.354 e. The molecule has 1 amide bonds. The second-order valence-electron chi connectivity index (χ2n) is 7.46. The zero-order chi connectivity index (χ0) is 17.7. The molecular formula is C21H24N2O2. The Morgan fingerprint density at radius 1 is 1.04 bits per heavy atom. The highest BCUT2D eigenvalue weighted by Gasteiger charge is 2.41. The lowest BCUT2D eigenvalue weighted by Gasteiger charge is -2.29. The van der Waals surface area contributed by atoms with Crippen LogP contribution < -0.4 is 0 Å². The Bertz CT molecular complexity index is 836. The molecule has 1 aromatic carbocycles. The number of rotatable bonds is 4. The third-order valence-corrected chi connectivity index (χ3v) is 5.60. The Hall–Kier alpha value is -2.36. The summed E-state index contributed by atoms with van der Waals surface area (Å²) in [6.45, 7) is 5.30. The second kappa shape index (κ2) is 5.87. The minimum atomic E-state index is 0.0107. The smallest absolute Gasteiger partial charge is 0.271 e. The highest BCUT2D eigenvalue weighted by molar-refractivity contribution is 6.02. The maximum Gasteiger partial charge on any atom is 0.271 e. The molecule has 0 unspecified atom stereocenters. The summed E-state index contributed by atoms with van der Waals surface area (Å²) in [7, 11) is 0. The van der Waals surface area contributed by atoms with Crippen molar-refractivity contribution in [3.8, 4) is 0 Å². The molecule has 1 heterocycles. The van der Waals surface area contributed by atoms with Crippen molar-refractivity contribution in [3.63, 3.8) is 0 Å². The number of amides is 1. The van der Waals surface area contributed by atoms with E-state index < -0.39 is 0 Å². The normalized spacial score (nSPS) is 16.8. The van der Waals surface area contributed by atoms with Crippen LogP contribution in [0.5, 0.6) is 0 Å². The first-order chi connectivity index (χ1) is 12.0. The SMILES string of the molecule is CC(=O)c1c(C)[nH]c(C(=O)N(C2CC2)C2Cc3ccccc3C2)c1C. The topological polar surface area (TPSA) is 53.2 Å². The summed E-state index contributed by atoms with van der Waals surface area (Å²) in [4.78, 5) is 30.5. The molecule has 2 aliphatic carbocycles. The van der Waals surface area contributed by atoms with Gasteiger partial charge in [0.2, 0.25) is 0 Å². The third-order valence-electron chi connectivity index (χ3n) is 5.60. The molecule has 2 aromatic rings. The summed E-state index contributed by atoms with van der Waals surface area (Å²) in [5.74, 6) is 0.0601. The second-order valence-corrected chi connectivity index (χ2v) is 7.46. The number of ketones is 1. The molecule has 4 nitrogen and oxygen atoms in total. The largest absolute Gasteiger partial charge is 0.354 e. The van der Waals surface area contributed by atoms with Crippen LogP contribution in [0.4, 0.5) is 0 Å². The van der Waals surface area contributed by atoms with Gasteiger partial charge in [0, 0.05) is 23.3 Å². The monoisotopic (exact) mass is 336 g/mol. The van der Waals surface area contributed by atoms with Crippen molar-refractivity contribution in [2.45, 2.75) is 58.5 Å². The van der Waals surface area contributed by atoms with E-state index in [-0.39, 0.29) is 17.7 Å². The van der Waals surface area contributed by atoms with Gasteiger partial charge in [0.25, 0.3) is 5.91 Å². The summed E-state index contributed by atoms with van der Waals surface area (Å²) in [6, 6.07) is 9.05. The molecule has 0 atom stereocenters. The van der Waals surface area contributed by atoms with Crippen molar-refractivity contribution in [2.24, 2.45) is 0 Å². The number of nitrogens with zero attached hydrogens (tertiary/aromatic N) is 1. The van der Waals surface area contributed by atoms with Crippen molar-refractivity contribution in [1.82, 2.24) is 9.88 Å². The van der Waals surface area contributed by atoms with E-state index in [9.17, 15) is 9.59 Å². The molecular weight excluding hydrogens is 312 g/mol. The molecule has 4 heteroatoms. The van der Waals surface area contributed by atoms with Gasteiger partial charge in [-0.25, -0.2) is 0 Å². The summed E-state index contributed by atoms with van der Waals surface area (Å²) in [5, 5.41) is 0. The summed E-state index contributed by atoms with van der Waals surface area (Å²) in [5.41, 5.74) is 5.54. The zero-order valence-electron chi connectivity index (χ0n) is 15.1. The van der Waals surface area contributed by atoms with Crippen LogP contribution in [0, 0.1) is 13.8 Å². The van der Waals surface area contributed by atoms with E-state index >= 15 is 0 Å². The van der Waals surface area contributed by atoms with Crippen LogP contribution in [0.3, 0.4) is 0 Å². The lowest BCUT2D eigenvalue weighted by atomic mass is 10.1. The molecule has 1 fully saturated rings. The molecule has 1 saturated carbocycles. The molecule has 1 N–H and O–H groups in total. The number of carbonyl (C=O) groups excluding carboxylic acids is 2. The van der Waals surface area contributed by atoms with Crippen LogP contribution in [0.15, 0.2) is 24.3 Å². The number of hydrogen-bond donors (Lipinski definition) is 1. The fraction of sp³-hybridized carbons (Fsp3) is 0.429. The van der Waals surface area contributed by atoms with Crippen LogP contribution in [-0.4, -0.2) is 33.7 Å². The van der Waals surface area contributed by atoms with E-state index in [1.54, 1.807) is 6.92 Å². The Balaban J connectivity index is 1.66. The average Bonchev–Trinajstić information content (AvgIpc) is 3.21. The van der Waals surface area contributed by atoms with E-state index in [4.69, 9.17) is 0 Å². The standard InChI is InChI=1S/C21H24N2O2/c1-12-19(14(3)24)13(2)22-20(12)21(25)23(17-8-9-17)18-10-15-6-4-5-7-16(15)11-18/h4-7,17-18,22H,8-11H2,1-3H3. The van der Waals surface area contributed by atoms with Gasteiger partial charge in [0.05, 0.1) is 0 Å². The van der Waals surface area contributed by atoms with Gasteiger partial charge in [-0.2, -0.15) is 0 Å². The highest BCUT2D eigenvalue weighted by atomic mass is 16.2. The van der Waals surface area contributed by atoms with Crippen LogP contribution in [0.1, 0.15) is 63.0 Å². The van der Waals surface area contributed by atoms with Crippen LogP contribution >= 0.6 is 0 Å². The number of benzene rings is 1. The van der Waals surface area contributed by atoms with Gasteiger partial charge in [-0.05, 0) is 63.1 Å². The summed E-state index contributed by atoms with van der Waals surface area (Å²) >= 11 is 0. The molecule has 0 radical (unpaired) electrons. The Labute approximate surface area is 148 Å². The van der Waals surface area contributed by atoms with Crippen LogP contribution in [-0.2, 0) is 12.8 Å². The fourth-order valence-corrected chi connectivity index (χ4v) is 4.34. The lowest BCUT2D eigenvalue weighted by Crippen LogP contribution is -2.43. The highest BCUT2D eigenvalue weighted by Crippen LogP contribution is 2.36. The van der Waals surface area contributed by atoms with Crippen molar-refractivity contribution in [2.75, 3.05) is 0 Å².